The van der Waals surface area contributed by atoms with Crippen LogP contribution in [-0.2, 0) is 25.4 Å². The molecule has 102 valence electrons. The van der Waals surface area contributed by atoms with Crippen molar-refractivity contribution in [1.29, 1.82) is 0 Å². The van der Waals surface area contributed by atoms with Crippen LogP contribution >= 0.6 is 0 Å². The van der Waals surface area contributed by atoms with Gasteiger partial charge in [0, 0.05) is 28.2 Å². The van der Waals surface area contributed by atoms with Gasteiger partial charge in [-0.2, -0.15) is 0 Å². The van der Waals surface area contributed by atoms with Crippen molar-refractivity contribution in [2.24, 2.45) is 14.1 Å². The summed E-state index contributed by atoms with van der Waals surface area (Å²) in [6.07, 6.45) is 1.46. The predicted octanol–water partition coefficient (Wildman–Crippen LogP) is -1.48. The normalized spacial score (nSPS) is 10.9. The summed E-state index contributed by atoms with van der Waals surface area (Å²) in [5.74, 6) is -0.319. The van der Waals surface area contributed by atoms with Gasteiger partial charge in [-0.05, 0) is 0 Å². The first-order valence-corrected chi connectivity index (χ1v) is 5.65. The highest BCUT2D eigenvalue weighted by molar-refractivity contribution is 5.76. The minimum Gasteiger partial charge on any atom is -0.347 e. The molecule has 0 saturated carbocycles. The van der Waals surface area contributed by atoms with Gasteiger partial charge in [0.05, 0.1) is 6.33 Å². The summed E-state index contributed by atoms with van der Waals surface area (Å²) in [5.41, 5.74) is -0.445. The molecule has 2 rings (SSSR count). The fourth-order valence-electron chi connectivity index (χ4n) is 1.81. The molecule has 0 unspecified atom stereocenters. The second-order valence-electron chi connectivity index (χ2n) is 4.55. The van der Waals surface area contributed by atoms with E-state index < -0.39 is 11.2 Å². The number of likely N-dealkylation sites (N-methyl/N-ethyl adjacent to an activating group) is 1. The lowest BCUT2D eigenvalue weighted by molar-refractivity contribution is -0.129. The van der Waals surface area contributed by atoms with E-state index in [1.54, 1.807) is 21.1 Å². The summed E-state index contributed by atoms with van der Waals surface area (Å²) >= 11 is 0. The molecule has 8 heteroatoms. The number of hydrogen-bond donors (Lipinski definition) is 0. The quantitative estimate of drug-likeness (QED) is 0.663. The molecule has 0 aliphatic heterocycles. The molecule has 0 bridgehead atoms. The van der Waals surface area contributed by atoms with Crippen LogP contribution in [0.1, 0.15) is 0 Å². The van der Waals surface area contributed by atoms with Crippen molar-refractivity contribution in [2.45, 2.75) is 6.54 Å². The number of rotatable bonds is 2. The van der Waals surface area contributed by atoms with Crippen LogP contribution in [0.4, 0.5) is 0 Å². The summed E-state index contributed by atoms with van der Waals surface area (Å²) < 4.78 is 3.72. The Morgan fingerprint density at radius 2 is 1.95 bits per heavy atom. The number of fused-ring (bicyclic) bond motifs is 1. The van der Waals surface area contributed by atoms with Crippen LogP contribution in [0.3, 0.4) is 0 Å². The highest BCUT2D eigenvalue weighted by atomic mass is 16.2. The molecule has 1 amide bonds. The number of aryl methyl sites for hydroxylation is 2. The third-order valence-corrected chi connectivity index (χ3v) is 2.99. The van der Waals surface area contributed by atoms with Crippen molar-refractivity contribution in [3.8, 4) is 0 Å². The minimum atomic E-state index is -0.550. The van der Waals surface area contributed by atoms with E-state index in [1.165, 1.54) is 27.4 Å². The largest absolute Gasteiger partial charge is 0.347 e. The average Bonchev–Trinajstić information content (AvgIpc) is 2.73. The molecule has 0 aromatic carbocycles. The summed E-state index contributed by atoms with van der Waals surface area (Å²) in [6.45, 7) is -0.278. The first-order chi connectivity index (χ1) is 8.84. The highest BCUT2D eigenvalue weighted by Gasteiger charge is 2.17. The SMILES string of the molecule is CN(C)C(=O)Cn1c(=O)c2c(ncn2C)n(C)c1=O. The van der Waals surface area contributed by atoms with Gasteiger partial charge in [0.2, 0.25) is 5.91 Å². The van der Waals surface area contributed by atoms with Gasteiger partial charge in [-0.3, -0.25) is 14.2 Å². The van der Waals surface area contributed by atoms with Gasteiger partial charge >= 0.3 is 5.69 Å². The number of imidazole rings is 1. The first-order valence-electron chi connectivity index (χ1n) is 5.65. The Hall–Kier alpha value is -2.38. The predicted molar refractivity (Wildman–Crippen MR) is 68.9 cm³/mol. The number of carbonyl (C=O) groups excluding carboxylic acids is 1. The van der Waals surface area contributed by atoms with Gasteiger partial charge in [0.25, 0.3) is 5.56 Å². The van der Waals surface area contributed by atoms with E-state index in [4.69, 9.17) is 0 Å². The van der Waals surface area contributed by atoms with E-state index in [0.717, 1.165) is 4.57 Å². The third kappa shape index (κ3) is 1.94. The Morgan fingerprint density at radius 1 is 1.32 bits per heavy atom. The summed E-state index contributed by atoms with van der Waals surface area (Å²) in [6, 6.07) is 0. The van der Waals surface area contributed by atoms with E-state index in [1.807, 2.05) is 0 Å². The van der Waals surface area contributed by atoms with E-state index in [0.29, 0.717) is 11.2 Å². The Morgan fingerprint density at radius 3 is 2.53 bits per heavy atom. The molecule has 2 aromatic heterocycles. The molecule has 0 fully saturated rings. The van der Waals surface area contributed by atoms with Crippen molar-refractivity contribution in [3.63, 3.8) is 0 Å². The Bertz CT molecular complexity index is 765. The van der Waals surface area contributed by atoms with Gasteiger partial charge in [0.15, 0.2) is 11.2 Å². The second kappa shape index (κ2) is 4.38. The lowest BCUT2D eigenvalue weighted by Crippen LogP contribution is -2.43. The second-order valence-corrected chi connectivity index (χ2v) is 4.55. The molecule has 0 N–H and O–H groups in total. The van der Waals surface area contributed by atoms with Crippen LogP contribution < -0.4 is 11.2 Å². The molecule has 2 aromatic rings. The first kappa shape index (κ1) is 13.1. The number of hydrogen-bond acceptors (Lipinski definition) is 4. The van der Waals surface area contributed by atoms with Crippen LogP contribution in [0.15, 0.2) is 15.9 Å². The zero-order valence-corrected chi connectivity index (χ0v) is 11.2. The zero-order chi connectivity index (χ0) is 14.3. The molecule has 0 atom stereocenters. The van der Waals surface area contributed by atoms with Crippen molar-refractivity contribution in [2.75, 3.05) is 14.1 Å². The van der Waals surface area contributed by atoms with Crippen molar-refractivity contribution in [1.82, 2.24) is 23.6 Å². The highest BCUT2D eigenvalue weighted by Crippen LogP contribution is 2.02. The molecule has 8 nitrogen and oxygen atoms in total. The number of amides is 1. The van der Waals surface area contributed by atoms with E-state index in [9.17, 15) is 14.4 Å². The summed E-state index contributed by atoms with van der Waals surface area (Å²) in [4.78, 5) is 41.4. The molecule has 19 heavy (non-hydrogen) atoms. The monoisotopic (exact) mass is 265 g/mol. The lowest BCUT2D eigenvalue weighted by atomic mass is 10.4. The van der Waals surface area contributed by atoms with Gasteiger partial charge < -0.3 is 9.47 Å². The van der Waals surface area contributed by atoms with Crippen LogP contribution in [-0.4, -0.2) is 43.6 Å². The summed E-state index contributed by atoms with van der Waals surface area (Å²) in [7, 11) is 6.33. The van der Waals surface area contributed by atoms with E-state index in [2.05, 4.69) is 4.98 Å². The number of nitrogens with zero attached hydrogens (tertiary/aromatic N) is 5. The molecular weight excluding hydrogens is 250 g/mol. The summed E-state index contributed by atoms with van der Waals surface area (Å²) in [5, 5.41) is 0. The van der Waals surface area contributed by atoms with E-state index >= 15 is 0 Å². The van der Waals surface area contributed by atoms with Gasteiger partial charge in [-0.1, -0.05) is 0 Å². The molecule has 0 aliphatic rings. The minimum absolute atomic E-state index is 0.278. The van der Waals surface area contributed by atoms with Crippen LogP contribution in [0.2, 0.25) is 0 Å². The van der Waals surface area contributed by atoms with E-state index in [-0.39, 0.29) is 12.5 Å². The maximum absolute atomic E-state index is 12.3. The van der Waals surface area contributed by atoms with Crippen molar-refractivity contribution in [3.05, 3.63) is 27.2 Å². The standard InChI is InChI=1S/C11H15N5O3/c1-13(2)7(17)5-16-10(18)8-9(12-6-14(8)3)15(4)11(16)19/h6H,5H2,1-4H3. The Labute approximate surface area is 108 Å². The third-order valence-electron chi connectivity index (χ3n) is 2.99. The molecule has 0 radical (unpaired) electrons. The van der Waals surface area contributed by atoms with Gasteiger partial charge in [-0.15, -0.1) is 0 Å². The molecular formula is C11H15N5O3. The Kier molecular flexibility index (Phi) is 3.01. The fourth-order valence-corrected chi connectivity index (χ4v) is 1.81. The number of carbonyl (C=O) groups is 1. The molecule has 0 saturated heterocycles. The van der Waals surface area contributed by atoms with Crippen LogP contribution in [0.25, 0.3) is 11.2 Å². The topological polar surface area (TPSA) is 82.1 Å². The van der Waals surface area contributed by atoms with Crippen molar-refractivity contribution < 1.29 is 4.79 Å². The molecule has 0 spiro atoms. The molecule has 0 aliphatic carbocycles. The number of aromatic nitrogens is 4. The Balaban J connectivity index is 2.75. The maximum atomic E-state index is 12.3. The lowest BCUT2D eigenvalue weighted by Gasteiger charge is -2.12. The van der Waals surface area contributed by atoms with Gasteiger partial charge in [-0.25, -0.2) is 14.3 Å². The zero-order valence-electron chi connectivity index (χ0n) is 11.2. The smallest absolute Gasteiger partial charge is 0.332 e. The van der Waals surface area contributed by atoms with Crippen LogP contribution in [0, 0.1) is 0 Å². The molecule has 2 heterocycles. The van der Waals surface area contributed by atoms with Crippen LogP contribution in [0.5, 0.6) is 0 Å². The fraction of sp³-hybridized carbons (Fsp3) is 0.455. The van der Waals surface area contributed by atoms with Gasteiger partial charge in [0.1, 0.15) is 6.54 Å². The average molecular weight is 265 g/mol. The van der Waals surface area contributed by atoms with Crippen molar-refractivity contribution >= 4 is 17.1 Å². The maximum Gasteiger partial charge on any atom is 0.332 e.